The molecule has 0 radical (unpaired) electrons. The lowest BCUT2D eigenvalue weighted by atomic mass is 10.2. The van der Waals surface area contributed by atoms with Gasteiger partial charge in [0.25, 0.3) is 5.91 Å². The Balaban J connectivity index is 1.69. The predicted molar refractivity (Wildman–Crippen MR) is 117 cm³/mol. The van der Waals surface area contributed by atoms with Crippen molar-refractivity contribution in [1.29, 1.82) is 0 Å². The number of pyridine rings is 1. The van der Waals surface area contributed by atoms with E-state index in [1.165, 1.54) is 19.4 Å². The first-order chi connectivity index (χ1) is 14.1. The molecule has 1 heterocycles. The lowest BCUT2D eigenvalue weighted by Crippen LogP contribution is -2.13. The lowest BCUT2D eigenvalue weighted by molar-refractivity contribution is -0.111. The fraction of sp³-hybridized carbons (Fsp3) is 0.0455. The number of nitrogens with zero attached hydrogens (tertiary/aromatic N) is 1. The third kappa shape index (κ3) is 5.52. The van der Waals surface area contributed by atoms with E-state index >= 15 is 0 Å². The molecule has 0 saturated heterocycles. The summed E-state index contributed by atoms with van der Waals surface area (Å²) in [5.74, 6) is -0.158. The van der Waals surface area contributed by atoms with Crippen LogP contribution in [-0.2, 0) is 4.79 Å². The minimum Gasteiger partial charge on any atom is -0.494 e. The molecule has 7 heteroatoms. The van der Waals surface area contributed by atoms with E-state index in [0.29, 0.717) is 22.7 Å². The second-order valence-electron chi connectivity index (χ2n) is 5.95. The highest BCUT2D eigenvalue weighted by Crippen LogP contribution is 2.28. The second kappa shape index (κ2) is 9.66. The maximum atomic E-state index is 12.3. The summed E-state index contributed by atoms with van der Waals surface area (Å²) >= 11 is 3.44. The molecule has 29 heavy (non-hydrogen) atoms. The highest BCUT2D eigenvalue weighted by atomic mass is 79.9. The van der Waals surface area contributed by atoms with Gasteiger partial charge in [0.2, 0.25) is 5.91 Å². The summed E-state index contributed by atoms with van der Waals surface area (Å²) in [5, 5.41) is 5.55. The second-order valence-corrected chi connectivity index (χ2v) is 6.81. The zero-order valence-corrected chi connectivity index (χ0v) is 17.1. The fourth-order valence-electron chi connectivity index (χ4n) is 2.52. The number of anilines is 2. The van der Waals surface area contributed by atoms with E-state index in [4.69, 9.17) is 4.74 Å². The molecule has 0 fully saturated rings. The Morgan fingerprint density at radius 2 is 1.90 bits per heavy atom. The first-order valence-electron chi connectivity index (χ1n) is 8.70. The van der Waals surface area contributed by atoms with Crippen LogP contribution in [0.25, 0.3) is 6.08 Å². The summed E-state index contributed by atoms with van der Waals surface area (Å²) in [7, 11) is 1.49. The van der Waals surface area contributed by atoms with Gasteiger partial charge in [-0.25, -0.2) is 0 Å². The van der Waals surface area contributed by atoms with Crippen molar-refractivity contribution in [3.63, 3.8) is 0 Å². The Labute approximate surface area is 176 Å². The van der Waals surface area contributed by atoms with Crippen LogP contribution in [0.4, 0.5) is 11.4 Å². The summed E-state index contributed by atoms with van der Waals surface area (Å²) in [6, 6.07) is 16.0. The number of hydrogen-bond acceptors (Lipinski definition) is 4. The van der Waals surface area contributed by atoms with Gasteiger partial charge in [0, 0.05) is 34.7 Å². The standard InChI is InChI=1S/C22H18BrN3O3/c1-29-20-13-17(25-21(27)11-8-15-5-2-3-7-18(15)23)9-10-19(20)26-22(28)16-6-4-12-24-14-16/h2-14H,1H3,(H,25,27)(H,26,28)/b11-8+. The molecule has 0 aliphatic heterocycles. The number of nitrogens with one attached hydrogen (secondary N) is 2. The minimum atomic E-state index is -0.301. The largest absolute Gasteiger partial charge is 0.494 e. The number of benzene rings is 2. The van der Waals surface area contributed by atoms with Crippen LogP contribution in [-0.4, -0.2) is 23.9 Å². The molecular formula is C22H18BrN3O3. The zero-order chi connectivity index (χ0) is 20.6. The molecule has 0 saturated carbocycles. The first kappa shape index (κ1) is 20.3. The topological polar surface area (TPSA) is 80.3 Å². The number of halogens is 1. The summed E-state index contributed by atoms with van der Waals surface area (Å²) in [5.41, 5.74) is 2.36. The Morgan fingerprint density at radius 1 is 1.07 bits per heavy atom. The number of carbonyl (C=O) groups excluding carboxylic acids is 2. The number of hydrogen-bond donors (Lipinski definition) is 2. The lowest BCUT2D eigenvalue weighted by Gasteiger charge is -2.12. The van der Waals surface area contributed by atoms with E-state index < -0.39 is 0 Å². The van der Waals surface area contributed by atoms with Crippen molar-refractivity contribution in [3.8, 4) is 5.75 Å². The van der Waals surface area contributed by atoms with Crippen LogP contribution in [0.3, 0.4) is 0 Å². The molecule has 0 aliphatic rings. The van der Waals surface area contributed by atoms with Crippen molar-refractivity contribution in [3.05, 3.63) is 88.7 Å². The van der Waals surface area contributed by atoms with Crippen molar-refractivity contribution in [2.24, 2.45) is 0 Å². The molecule has 146 valence electrons. The van der Waals surface area contributed by atoms with E-state index in [0.717, 1.165) is 10.0 Å². The molecule has 3 aromatic rings. The molecule has 3 rings (SSSR count). The third-order valence-corrected chi connectivity index (χ3v) is 4.68. The van der Waals surface area contributed by atoms with Gasteiger partial charge in [0.05, 0.1) is 18.4 Å². The molecule has 0 spiro atoms. The van der Waals surface area contributed by atoms with Crippen molar-refractivity contribution in [2.75, 3.05) is 17.7 Å². The van der Waals surface area contributed by atoms with Gasteiger partial charge in [-0.2, -0.15) is 0 Å². The highest BCUT2D eigenvalue weighted by molar-refractivity contribution is 9.10. The van der Waals surface area contributed by atoms with Gasteiger partial charge in [-0.05, 0) is 42.0 Å². The third-order valence-electron chi connectivity index (χ3n) is 3.96. The Hall–Kier alpha value is -3.45. The molecule has 0 bridgehead atoms. The van der Waals surface area contributed by atoms with Crippen LogP contribution in [0.5, 0.6) is 5.75 Å². The summed E-state index contributed by atoms with van der Waals surface area (Å²) in [6.45, 7) is 0. The van der Waals surface area contributed by atoms with Gasteiger partial charge in [-0.3, -0.25) is 14.6 Å². The van der Waals surface area contributed by atoms with Crippen molar-refractivity contribution < 1.29 is 14.3 Å². The molecule has 0 unspecified atom stereocenters. The fourth-order valence-corrected chi connectivity index (χ4v) is 2.94. The maximum absolute atomic E-state index is 12.3. The molecule has 0 atom stereocenters. The van der Waals surface area contributed by atoms with Crippen LogP contribution in [0.15, 0.2) is 77.5 Å². The number of rotatable bonds is 6. The SMILES string of the molecule is COc1cc(NC(=O)/C=C/c2ccccc2Br)ccc1NC(=O)c1cccnc1. The number of amides is 2. The van der Waals surface area contributed by atoms with E-state index in [-0.39, 0.29) is 11.8 Å². The quantitative estimate of drug-likeness (QED) is 0.529. The monoisotopic (exact) mass is 451 g/mol. The summed E-state index contributed by atoms with van der Waals surface area (Å²) < 4.78 is 6.25. The molecule has 1 aromatic heterocycles. The van der Waals surface area contributed by atoms with Crippen LogP contribution in [0.2, 0.25) is 0 Å². The number of methoxy groups -OCH3 is 1. The van der Waals surface area contributed by atoms with Gasteiger partial charge >= 0.3 is 0 Å². The molecule has 6 nitrogen and oxygen atoms in total. The highest BCUT2D eigenvalue weighted by Gasteiger charge is 2.11. The average molecular weight is 452 g/mol. The van der Waals surface area contributed by atoms with Gasteiger partial charge < -0.3 is 15.4 Å². The summed E-state index contributed by atoms with van der Waals surface area (Å²) in [6.07, 6.45) is 6.25. The Kier molecular flexibility index (Phi) is 6.76. The van der Waals surface area contributed by atoms with Gasteiger partial charge in [0.15, 0.2) is 0 Å². The number of ether oxygens (including phenoxy) is 1. The van der Waals surface area contributed by atoms with Crippen molar-refractivity contribution >= 4 is 45.2 Å². The van der Waals surface area contributed by atoms with Gasteiger partial charge in [-0.1, -0.05) is 34.1 Å². The maximum Gasteiger partial charge on any atom is 0.257 e. The van der Waals surface area contributed by atoms with Crippen molar-refractivity contribution in [1.82, 2.24) is 4.98 Å². The van der Waals surface area contributed by atoms with Gasteiger partial charge in [-0.15, -0.1) is 0 Å². The van der Waals surface area contributed by atoms with Crippen molar-refractivity contribution in [2.45, 2.75) is 0 Å². The average Bonchev–Trinajstić information content (AvgIpc) is 2.74. The van der Waals surface area contributed by atoms with Crippen LogP contribution in [0.1, 0.15) is 15.9 Å². The van der Waals surface area contributed by atoms with Crippen LogP contribution in [0, 0.1) is 0 Å². The van der Waals surface area contributed by atoms with E-state index in [1.54, 1.807) is 42.6 Å². The molecule has 0 aliphatic carbocycles. The van der Waals surface area contributed by atoms with E-state index in [1.807, 2.05) is 24.3 Å². The smallest absolute Gasteiger partial charge is 0.257 e. The minimum absolute atomic E-state index is 0.282. The van der Waals surface area contributed by atoms with Crippen LogP contribution >= 0.6 is 15.9 Å². The molecular weight excluding hydrogens is 434 g/mol. The number of carbonyl (C=O) groups is 2. The van der Waals surface area contributed by atoms with Gasteiger partial charge in [0.1, 0.15) is 5.75 Å². The van der Waals surface area contributed by atoms with E-state index in [9.17, 15) is 9.59 Å². The van der Waals surface area contributed by atoms with E-state index in [2.05, 4.69) is 31.5 Å². The summed E-state index contributed by atoms with van der Waals surface area (Å²) in [4.78, 5) is 28.4. The zero-order valence-electron chi connectivity index (χ0n) is 15.6. The Bertz CT molecular complexity index is 1050. The molecule has 2 amide bonds. The molecule has 2 aromatic carbocycles. The first-order valence-corrected chi connectivity index (χ1v) is 9.49. The molecule has 2 N–H and O–H groups in total. The Morgan fingerprint density at radius 3 is 2.62 bits per heavy atom. The number of aromatic nitrogens is 1. The normalized spacial score (nSPS) is 10.6. The van der Waals surface area contributed by atoms with Crippen LogP contribution < -0.4 is 15.4 Å². The predicted octanol–water partition coefficient (Wildman–Crippen LogP) is 4.76.